The summed E-state index contributed by atoms with van der Waals surface area (Å²) < 4.78 is 5.38. The molecular weight excluding hydrogens is 242 g/mol. The first-order valence-electron chi connectivity index (χ1n) is 6.21. The Morgan fingerprint density at radius 2 is 2.47 bits per heavy atom. The minimum atomic E-state index is 0.169. The van der Waals surface area contributed by atoms with E-state index < -0.39 is 0 Å². The van der Waals surface area contributed by atoms with E-state index in [0.29, 0.717) is 12.5 Å². The van der Waals surface area contributed by atoms with Crippen LogP contribution in [0.4, 0.5) is 5.95 Å². The van der Waals surface area contributed by atoms with Crippen molar-refractivity contribution in [3.8, 4) is 11.3 Å². The number of rotatable bonds is 4. The molecule has 0 amide bonds. The van der Waals surface area contributed by atoms with Crippen LogP contribution in [0.15, 0.2) is 30.8 Å². The molecule has 0 aliphatic carbocycles. The maximum Gasteiger partial charge on any atom is 0.223 e. The SMILES string of the molecule is Cc1n[nH]cc1-c1ccnc(NCC2CC=CO2)n1. The van der Waals surface area contributed by atoms with Gasteiger partial charge in [0.05, 0.1) is 24.2 Å². The van der Waals surface area contributed by atoms with Gasteiger partial charge in [-0.2, -0.15) is 5.10 Å². The molecule has 6 heteroatoms. The van der Waals surface area contributed by atoms with E-state index >= 15 is 0 Å². The molecule has 0 saturated heterocycles. The van der Waals surface area contributed by atoms with Crippen LogP contribution in [0.1, 0.15) is 12.1 Å². The first-order chi connectivity index (χ1) is 9.33. The quantitative estimate of drug-likeness (QED) is 0.874. The third-order valence-electron chi connectivity index (χ3n) is 3.02. The van der Waals surface area contributed by atoms with Gasteiger partial charge in [-0.3, -0.25) is 5.10 Å². The molecule has 1 aliphatic rings. The monoisotopic (exact) mass is 257 g/mol. The van der Waals surface area contributed by atoms with Crippen LogP contribution in [0.2, 0.25) is 0 Å². The van der Waals surface area contributed by atoms with Crippen molar-refractivity contribution in [2.75, 3.05) is 11.9 Å². The lowest BCUT2D eigenvalue weighted by Crippen LogP contribution is -2.19. The first kappa shape index (κ1) is 11.7. The third-order valence-corrected chi connectivity index (χ3v) is 3.02. The van der Waals surface area contributed by atoms with E-state index in [9.17, 15) is 0 Å². The zero-order chi connectivity index (χ0) is 13.1. The van der Waals surface area contributed by atoms with Gasteiger partial charge in [0.15, 0.2) is 0 Å². The molecule has 1 aliphatic heterocycles. The highest BCUT2D eigenvalue weighted by molar-refractivity contribution is 5.61. The largest absolute Gasteiger partial charge is 0.496 e. The molecule has 19 heavy (non-hydrogen) atoms. The molecule has 0 aromatic carbocycles. The Labute approximate surface area is 110 Å². The second-order valence-electron chi connectivity index (χ2n) is 4.40. The van der Waals surface area contributed by atoms with Crippen molar-refractivity contribution in [1.29, 1.82) is 0 Å². The van der Waals surface area contributed by atoms with Crippen LogP contribution in [0.3, 0.4) is 0 Å². The minimum Gasteiger partial charge on any atom is -0.496 e. The Morgan fingerprint density at radius 3 is 3.21 bits per heavy atom. The van der Waals surface area contributed by atoms with E-state index in [4.69, 9.17) is 4.74 Å². The molecule has 0 fully saturated rings. The van der Waals surface area contributed by atoms with Gasteiger partial charge in [-0.1, -0.05) is 0 Å². The highest BCUT2D eigenvalue weighted by Gasteiger charge is 2.12. The number of H-pyrrole nitrogens is 1. The molecule has 98 valence electrons. The summed E-state index contributed by atoms with van der Waals surface area (Å²) in [6.45, 7) is 2.64. The summed E-state index contributed by atoms with van der Waals surface area (Å²) in [4.78, 5) is 8.69. The Hall–Kier alpha value is -2.37. The van der Waals surface area contributed by atoms with Crippen molar-refractivity contribution in [3.63, 3.8) is 0 Å². The van der Waals surface area contributed by atoms with Crippen molar-refractivity contribution >= 4 is 5.95 Å². The number of hydrogen-bond donors (Lipinski definition) is 2. The predicted octanol–water partition coefficient (Wildman–Crippen LogP) is 1.89. The summed E-state index contributed by atoms with van der Waals surface area (Å²) in [5, 5.41) is 10.1. The van der Waals surface area contributed by atoms with Crippen molar-refractivity contribution in [1.82, 2.24) is 20.2 Å². The maximum absolute atomic E-state index is 5.38. The average molecular weight is 257 g/mol. The molecule has 6 nitrogen and oxygen atoms in total. The topological polar surface area (TPSA) is 75.7 Å². The van der Waals surface area contributed by atoms with Crippen LogP contribution >= 0.6 is 0 Å². The molecular formula is C13H15N5O. The normalized spacial score (nSPS) is 17.4. The van der Waals surface area contributed by atoms with Crippen molar-refractivity contribution in [2.45, 2.75) is 19.4 Å². The van der Waals surface area contributed by atoms with Gasteiger partial charge < -0.3 is 10.1 Å². The molecule has 3 heterocycles. The lowest BCUT2D eigenvalue weighted by molar-refractivity contribution is 0.182. The number of ether oxygens (including phenoxy) is 1. The van der Waals surface area contributed by atoms with Crippen LogP contribution in [0.25, 0.3) is 11.3 Å². The maximum atomic E-state index is 5.38. The third kappa shape index (κ3) is 2.57. The summed E-state index contributed by atoms with van der Waals surface area (Å²) >= 11 is 0. The van der Waals surface area contributed by atoms with Gasteiger partial charge in [-0.15, -0.1) is 0 Å². The Bertz CT molecular complexity index is 584. The summed E-state index contributed by atoms with van der Waals surface area (Å²) in [5.74, 6) is 0.605. The van der Waals surface area contributed by atoms with E-state index in [1.54, 1.807) is 12.5 Å². The van der Waals surface area contributed by atoms with Crippen molar-refractivity contribution in [3.05, 3.63) is 36.5 Å². The number of nitrogens with one attached hydrogen (secondary N) is 2. The number of anilines is 1. The second-order valence-corrected chi connectivity index (χ2v) is 4.40. The Morgan fingerprint density at radius 1 is 1.53 bits per heavy atom. The summed E-state index contributed by atoms with van der Waals surface area (Å²) in [7, 11) is 0. The van der Waals surface area contributed by atoms with E-state index in [0.717, 1.165) is 23.4 Å². The molecule has 0 bridgehead atoms. The van der Waals surface area contributed by atoms with Crippen LogP contribution < -0.4 is 5.32 Å². The zero-order valence-corrected chi connectivity index (χ0v) is 10.6. The molecule has 2 aromatic heterocycles. The first-order valence-corrected chi connectivity index (χ1v) is 6.21. The van der Waals surface area contributed by atoms with Gasteiger partial charge >= 0.3 is 0 Å². The van der Waals surface area contributed by atoms with Gasteiger partial charge in [-0.25, -0.2) is 9.97 Å². The van der Waals surface area contributed by atoms with Gasteiger partial charge in [0, 0.05) is 24.4 Å². The molecule has 3 rings (SSSR count). The standard InChI is InChI=1S/C13H15N5O/c1-9-11(8-16-18-9)12-4-5-14-13(17-12)15-7-10-3-2-6-19-10/h2,4-6,8,10H,3,7H2,1H3,(H,16,18)(H,14,15,17). The molecule has 2 aromatic rings. The van der Waals surface area contributed by atoms with Gasteiger partial charge in [0.2, 0.25) is 5.95 Å². The average Bonchev–Trinajstić information content (AvgIpc) is 3.08. The Kier molecular flexibility index (Phi) is 3.14. The van der Waals surface area contributed by atoms with Crippen molar-refractivity contribution in [2.24, 2.45) is 0 Å². The van der Waals surface area contributed by atoms with Gasteiger partial charge in [0.25, 0.3) is 0 Å². The van der Waals surface area contributed by atoms with E-state index in [-0.39, 0.29) is 6.10 Å². The number of aromatic amines is 1. The van der Waals surface area contributed by atoms with Crippen LogP contribution in [-0.4, -0.2) is 32.8 Å². The predicted molar refractivity (Wildman–Crippen MR) is 71.5 cm³/mol. The molecule has 0 saturated carbocycles. The lowest BCUT2D eigenvalue weighted by atomic mass is 10.2. The number of nitrogens with zero attached hydrogens (tertiary/aromatic N) is 3. The van der Waals surface area contributed by atoms with E-state index in [1.807, 2.05) is 25.3 Å². The summed E-state index contributed by atoms with van der Waals surface area (Å²) in [6, 6.07) is 1.87. The Balaban J connectivity index is 1.71. The van der Waals surface area contributed by atoms with Crippen molar-refractivity contribution < 1.29 is 4.74 Å². The fraction of sp³-hybridized carbons (Fsp3) is 0.308. The fourth-order valence-electron chi connectivity index (χ4n) is 1.98. The number of aromatic nitrogens is 4. The zero-order valence-electron chi connectivity index (χ0n) is 10.6. The number of hydrogen-bond acceptors (Lipinski definition) is 5. The van der Waals surface area contributed by atoms with Gasteiger partial charge in [0.1, 0.15) is 6.10 Å². The number of aryl methyl sites for hydroxylation is 1. The summed E-state index contributed by atoms with van der Waals surface area (Å²) in [6.07, 6.45) is 8.42. The van der Waals surface area contributed by atoms with Gasteiger partial charge in [-0.05, 0) is 19.1 Å². The van der Waals surface area contributed by atoms with Crippen LogP contribution in [0.5, 0.6) is 0 Å². The molecule has 0 radical (unpaired) electrons. The highest BCUT2D eigenvalue weighted by atomic mass is 16.5. The summed E-state index contributed by atoms with van der Waals surface area (Å²) in [5.41, 5.74) is 2.77. The van der Waals surface area contributed by atoms with Crippen LogP contribution in [-0.2, 0) is 4.74 Å². The second kappa shape index (κ2) is 5.09. The van der Waals surface area contributed by atoms with E-state index in [2.05, 4.69) is 25.5 Å². The molecule has 1 atom stereocenters. The molecule has 0 spiro atoms. The van der Waals surface area contributed by atoms with Crippen LogP contribution in [0, 0.1) is 6.92 Å². The smallest absolute Gasteiger partial charge is 0.223 e. The highest BCUT2D eigenvalue weighted by Crippen LogP contribution is 2.19. The lowest BCUT2D eigenvalue weighted by Gasteiger charge is -2.11. The molecule has 2 N–H and O–H groups in total. The minimum absolute atomic E-state index is 0.169. The fourth-order valence-corrected chi connectivity index (χ4v) is 1.98. The molecule has 1 unspecified atom stereocenters. The van der Waals surface area contributed by atoms with E-state index in [1.165, 1.54) is 0 Å².